The van der Waals surface area contributed by atoms with E-state index in [1.807, 2.05) is 30.3 Å². The van der Waals surface area contributed by atoms with E-state index in [1.54, 1.807) is 7.11 Å². The Kier molecular flexibility index (Phi) is 7.84. The van der Waals surface area contributed by atoms with Crippen LogP contribution in [0.15, 0.2) is 42.5 Å². The van der Waals surface area contributed by atoms with E-state index in [0.717, 1.165) is 11.3 Å². The Morgan fingerprint density at radius 2 is 1.90 bits per heavy atom. The molecule has 0 saturated carbocycles. The standard InChI is InChI=1S/C22H23ClN4O4/c1-30-18-6-3-15(4-7-18)20(27-8-10-31-11-9-27)14-25-21(28)22(29)26-19-12-17(23)5-2-16(19)13-24/h2-7,12,20H,8-11,14H2,1H3,(H,25,28)(H,26,29)/t20-/m1/s1. The Labute approximate surface area is 185 Å². The third-order valence-electron chi connectivity index (χ3n) is 5.00. The molecule has 1 fully saturated rings. The van der Waals surface area contributed by atoms with Crippen LogP contribution in [-0.2, 0) is 14.3 Å². The predicted octanol–water partition coefficient (Wildman–Crippen LogP) is 2.35. The fraction of sp³-hybridized carbons (Fsp3) is 0.318. The van der Waals surface area contributed by atoms with Crippen molar-refractivity contribution in [2.75, 3.05) is 45.3 Å². The van der Waals surface area contributed by atoms with Gasteiger partial charge < -0.3 is 20.1 Å². The fourth-order valence-corrected chi connectivity index (χ4v) is 3.51. The zero-order chi connectivity index (χ0) is 22.2. The van der Waals surface area contributed by atoms with Gasteiger partial charge in [0, 0.05) is 24.7 Å². The van der Waals surface area contributed by atoms with Gasteiger partial charge in [-0.25, -0.2) is 0 Å². The van der Waals surface area contributed by atoms with Crippen molar-refractivity contribution in [1.29, 1.82) is 5.26 Å². The monoisotopic (exact) mass is 442 g/mol. The van der Waals surface area contributed by atoms with Crippen molar-refractivity contribution in [2.24, 2.45) is 0 Å². The highest BCUT2D eigenvalue weighted by Crippen LogP contribution is 2.24. The van der Waals surface area contributed by atoms with Crippen LogP contribution in [0.2, 0.25) is 5.02 Å². The normalized spacial score (nSPS) is 14.9. The van der Waals surface area contributed by atoms with Crippen molar-refractivity contribution < 1.29 is 19.1 Å². The second-order valence-corrected chi connectivity index (χ2v) is 7.34. The molecule has 3 rings (SSSR count). The molecule has 1 atom stereocenters. The minimum atomic E-state index is -0.866. The van der Waals surface area contributed by atoms with Gasteiger partial charge in [0.2, 0.25) is 0 Å². The maximum Gasteiger partial charge on any atom is 0.313 e. The Balaban J connectivity index is 1.68. The van der Waals surface area contributed by atoms with Gasteiger partial charge in [-0.05, 0) is 35.9 Å². The van der Waals surface area contributed by atoms with Gasteiger partial charge in [-0.3, -0.25) is 14.5 Å². The van der Waals surface area contributed by atoms with Crippen LogP contribution in [0, 0.1) is 11.3 Å². The highest BCUT2D eigenvalue weighted by Gasteiger charge is 2.25. The van der Waals surface area contributed by atoms with Gasteiger partial charge in [0.25, 0.3) is 0 Å². The number of anilines is 1. The molecule has 31 heavy (non-hydrogen) atoms. The highest BCUT2D eigenvalue weighted by molar-refractivity contribution is 6.40. The Morgan fingerprint density at radius 3 is 2.55 bits per heavy atom. The first-order valence-corrected chi connectivity index (χ1v) is 10.1. The first-order chi connectivity index (χ1) is 15.0. The number of carbonyl (C=O) groups excluding carboxylic acids is 2. The molecule has 1 heterocycles. The topological polar surface area (TPSA) is 104 Å². The number of nitriles is 1. The zero-order valence-electron chi connectivity index (χ0n) is 17.1. The molecule has 8 nitrogen and oxygen atoms in total. The molecule has 0 radical (unpaired) electrons. The summed E-state index contributed by atoms with van der Waals surface area (Å²) in [6, 6.07) is 13.9. The van der Waals surface area contributed by atoms with Crippen molar-refractivity contribution in [1.82, 2.24) is 10.2 Å². The lowest BCUT2D eigenvalue weighted by Crippen LogP contribution is -2.45. The van der Waals surface area contributed by atoms with Gasteiger partial charge in [-0.1, -0.05) is 23.7 Å². The maximum absolute atomic E-state index is 12.4. The van der Waals surface area contributed by atoms with Gasteiger partial charge in [-0.2, -0.15) is 5.26 Å². The summed E-state index contributed by atoms with van der Waals surface area (Å²) in [6.07, 6.45) is 0. The minimum Gasteiger partial charge on any atom is -0.497 e. The van der Waals surface area contributed by atoms with Crippen LogP contribution in [0.25, 0.3) is 0 Å². The number of hydrogen-bond donors (Lipinski definition) is 2. The molecular formula is C22H23ClN4O4. The van der Waals surface area contributed by atoms with E-state index in [-0.39, 0.29) is 23.8 Å². The van der Waals surface area contributed by atoms with Gasteiger partial charge in [0.05, 0.1) is 37.6 Å². The maximum atomic E-state index is 12.4. The largest absolute Gasteiger partial charge is 0.497 e. The zero-order valence-corrected chi connectivity index (χ0v) is 17.8. The lowest BCUT2D eigenvalue weighted by atomic mass is 10.0. The van der Waals surface area contributed by atoms with Gasteiger partial charge in [0.15, 0.2) is 0 Å². The molecule has 2 amide bonds. The number of methoxy groups -OCH3 is 1. The van der Waals surface area contributed by atoms with Gasteiger partial charge in [-0.15, -0.1) is 0 Å². The highest BCUT2D eigenvalue weighted by atomic mass is 35.5. The Hall–Kier alpha value is -3.12. The van der Waals surface area contributed by atoms with Crippen molar-refractivity contribution >= 4 is 29.1 Å². The lowest BCUT2D eigenvalue weighted by molar-refractivity contribution is -0.136. The van der Waals surface area contributed by atoms with E-state index in [9.17, 15) is 14.9 Å². The predicted molar refractivity (Wildman–Crippen MR) is 116 cm³/mol. The Bertz CT molecular complexity index is 968. The van der Waals surface area contributed by atoms with E-state index >= 15 is 0 Å². The molecule has 1 saturated heterocycles. The third kappa shape index (κ3) is 5.95. The van der Waals surface area contributed by atoms with Crippen molar-refractivity contribution in [3.8, 4) is 11.8 Å². The number of carbonyl (C=O) groups is 2. The lowest BCUT2D eigenvalue weighted by Gasteiger charge is -2.34. The molecule has 2 aromatic carbocycles. The molecular weight excluding hydrogens is 420 g/mol. The first kappa shape index (κ1) is 22.6. The fourth-order valence-electron chi connectivity index (χ4n) is 3.34. The van der Waals surface area contributed by atoms with Crippen LogP contribution < -0.4 is 15.4 Å². The number of amides is 2. The number of nitrogens with zero attached hydrogens (tertiary/aromatic N) is 2. The molecule has 2 N–H and O–H groups in total. The smallest absolute Gasteiger partial charge is 0.313 e. The molecule has 0 unspecified atom stereocenters. The molecule has 9 heteroatoms. The average Bonchev–Trinajstić information content (AvgIpc) is 2.80. The Morgan fingerprint density at radius 1 is 1.19 bits per heavy atom. The number of halogens is 1. The second kappa shape index (κ2) is 10.8. The van der Waals surface area contributed by atoms with E-state index in [0.29, 0.717) is 31.3 Å². The molecule has 1 aliphatic rings. The summed E-state index contributed by atoms with van der Waals surface area (Å²) in [4.78, 5) is 27.0. The van der Waals surface area contributed by atoms with E-state index in [4.69, 9.17) is 21.1 Å². The molecule has 2 aromatic rings. The van der Waals surface area contributed by atoms with E-state index < -0.39 is 11.8 Å². The number of benzene rings is 2. The summed E-state index contributed by atoms with van der Waals surface area (Å²) in [6.45, 7) is 2.87. The summed E-state index contributed by atoms with van der Waals surface area (Å²) in [5, 5.41) is 14.7. The van der Waals surface area contributed by atoms with E-state index in [2.05, 4.69) is 15.5 Å². The number of rotatable bonds is 6. The van der Waals surface area contributed by atoms with Crippen LogP contribution >= 0.6 is 11.6 Å². The first-order valence-electron chi connectivity index (χ1n) is 9.76. The van der Waals surface area contributed by atoms with Crippen LogP contribution in [0.3, 0.4) is 0 Å². The van der Waals surface area contributed by atoms with Crippen LogP contribution in [0.5, 0.6) is 5.75 Å². The summed E-state index contributed by atoms with van der Waals surface area (Å²) < 4.78 is 10.7. The number of ether oxygens (including phenoxy) is 2. The number of nitrogens with one attached hydrogen (secondary N) is 2. The van der Waals surface area contributed by atoms with Crippen molar-refractivity contribution in [3.63, 3.8) is 0 Å². The summed E-state index contributed by atoms with van der Waals surface area (Å²) in [5.74, 6) is -0.924. The van der Waals surface area contributed by atoms with E-state index in [1.165, 1.54) is 18.2 Å². The van der Waals surface area contributed by atoms with Crippen LogP contribution in [0.1, 0.15) is 17.2 Å². The molecule has 0 bridgehead atoms. The third-order valence-corrected chi connectivity index (χ3v) is 5.23. The number of morpholine rings is 1. The molecule has 162 valence electrons. The van der Waals surface area contributed by atoms with Gasteiger partial charge in [0.1, 0.15) is 11.8 Å². The van der Waals surface area contributed by atoms with Crippen LogP contribution in [-0.4, -0.2) is 56.7 Å². The van der Waals surface area contributed by atoms with Crippen LogP contribution in [0.4, 0.5) is 5.69 Å². The average molecular weight is 443 g/mol. The summed E-state index contributed by atoms with van der Waals surface area (Å²) in [7, 11) is 1.60. The SMILES string of the molecule is COc1ccc([C@@H](CNC(=O)C(=O)Nc2cc(Cl)ccc2C#N)N2CCOCC2)cc1. The molecule has 0 spiro atoms. The molecule has 1 aliphatic heterocycles. The van der Waals surface area contributed by atoms with Crippen molar-refractivity contribution in [3.05, 3.63) is 58.6 Å². The van der Waals surface area contributed by atoms with Gasteiger partial charge >= 0.3 is 11.8 Å². The molecule has 0 aromatic heterocycles. The summed E-state index contributed by atoms with van der Waals surface area (Å²) >= 11 is 5.93. The minimum absolute atomic E-state index is 0.132. The van der Waals surface area contributed by atoms with Crippen molar-refractivity contribution in [2.45, 2.75) is 6.04 Å². The molecule has 0 aliphatic carbocycles. The quantitative estimate of drug-likeness (QED) is 0.665. The second-order valence-electron chi connectivity index (χ2n) is 6.90. The summed E-state index contributed by atoms with van der Waals surface area (Å²) in [5.41, 5.74) is 1.40. The number of hydrogen-bond acceptors (Lipinski definition) is 6.